The third kappa shape index (κ3) is 9.10. The summed E-state index contributed by atoms with van der Waals surface area (Å²) in [5.74, 6) is 4.46. The van der Waals surface area contributed by atoms with Gasteiger partial charge in [-0.2, -0.15) is 46.5 Å². The van der Waals surface area contributed by atoms with Crippen molar-refractivity contribution in [3.05, 3.63) is 108 Å². The molecule has 0 unspecified atom stereocenters. The zero-order chi connectivity index (χ0) is 21.9. The quantitative estimate of drug-likeness (QED) is 0.166. The summed E-state index contributed by atoms with van der Waals surface area (Å²) in [7, 11) is 10.6. The third-order valence-electron chi connectivity index (χ3n) is 4.41. The molecule has 0 aliphatic heterocycles. The van der Waals surface area contributed by atoms with Crippen molar-refractivity contribution in [2.24, 2.45) is 0 Å². The van der Waals surface area contributed by atoms with Crippen LogP contribution in [-0.4, -0.2) is 9.98 Å². The summed E-state index contributed by atoms with van der Waals surface area (Å²) >= 11 is -1.59. The van der Waals surface area contributed by atoms with E-state index in [9.17, 15) is 0 Å². The Morgan fingerprint density at radius 1 is 0.633 bits per heavy atom. The second kappa shape index (κ2) is 13.5. The number of benzene rings is 2. The van der Waals surface area contributed by atoms with Crippen LogP contribution in [0.1, 0.15) is 11.1 Å². The minimum absolute atomic E-state index is 0.735. The van der Waals surface area contributed by atoms with Gasteiger partial charge in [-0.15, -0.1) is 0 Å². The number of rotatable bonds is 2. The number of hydrogen-bond donors (Lipinski definition) is 0. The van der Waals surface area contributed by atoms with Crippen molar-refractivity contribution >= 4 is 27.0 Å². The van der Waals surface area contributed by atoms with Gasteiger partial charge in [0.25, 0.3) is 0 Å². The molecule has 0 N–H and O–H groups in total. The van der Waals surface area contributed by atoms with E-state index in [1.807, 2.05) is 12.1 Å². The van der Waals surface area contributed by atoms with E-state index in [1.54, 1.807) is 0 Å². The van der Waals surface area contributed by atoms with Crippen molar-refractivity contribution < 1.29 is 16.2 Å². The molecule has 4 aromatic carbocycles. The number of hydrogen-bond acceptors (Lipinski definition) is 0. The molecular formula is C26H28Cl2GeZr-2. The van der Waals surface area contributed by atoms with E-state index in [0.717, 1.165) is 0 Å². The maximum absolute atomic E-state index is 5.65. The molecule has 0 aromatic heterocycles. The Morgan fingerprint density at radius 2 is 0.967 bits per heavy atom. The zero-order valence-electron chi connectivity index (χ0n) is 18.0. The van der Waals surface area contributed by atoms with Crippen LogP contribution in [0.2, 0.25) is 11.5 Å². The Labute approximate surface area is 197 Å². The van der Waals surface area contributed by atoms with Crippen LogP contribution in [0.15, 0.2) is 97.1 Å². The fourth-order valence-corrected chi connectivity index (χ4v) is 2.75. The Balaban J connectivity index is 0.000000171. The van der Waals surface area contributed by atoms with E-state index in [1.165, 1.54) is 33.4 Å². The Hall–Kier alpha value is -0.854. The van der Waals surface area contributed by atoms with Gasteiger partial charge in [-0.3, -0.25) is 0 Å². The average molecular weight is 575 g/mol. The molecule has 0 aliphatic rings. The molecule has 0 atom stereocenters. The number of aryl methyl sites for hydroxylation is 2. The molecule has 0 fully saturated rings. The molecule has 0 saturated heterocycles. The van der Waals surface area contributed by atoms with Gasteiger partial charge >= 0.3 is 54.8 Å². The molecule has 30 heavy (non-hydrogen) atoms. The summed E-state index contributed by atoms with van der Waals surface area (Å²) in [5, 5.41) is 0. The van der Waals surface area contributed by atoms with Crippen molar-refractivity contribution in [3.8, 4) is 22.3 Å². The maximum atomic E-state index is 5.65. The van der Waals surface area contributed by atoms with Gasteiger partial charge in [0.2, 0.25) is 0 Å². The Kier molecular flexibility index (Phi) is 11.5. The van der Waals surface area contributed by atoms with Crippen molar-refractivity contribution in [3.63, 3.8) is 0 Å². The second-order valence-electron chi connectivity index (χ2n) is 7.35. The summed E-state index contributed by atoms with van der Waals surface area (Å²) in [4.78, 5) is 0. The van der Waals surface area contributed by atoms with Crippen LogP contribution < -0.4 is 0 Å². The molecule has 0 radical (unpaired) electrons. The molecule has 156 valence electrons. The van der Waals surface area contributed by atoms with Crippen LogP contribution >= 0.6 is 17.0 Å². The predicted octanol–water partition coefficient (Wildman–Crippen LogP) is 8.93. The summed E-state index contributed by atoms with van der Waals surface area (Å²) in [6, 6.07) is 33.9. The van der Waals surface area contributed by atoms with Crippen LogP contribution in [0.5, 0.6) is 0 Å². The normalized spacial score (nSPS) is 9.67. The topological polar surface area (TPSA) is 0 Å². The van der Waals surface area contributed by atoms with Crippen LogP contribution in [0.4, 0.5) is 0 Å². The van der Waals surface area contributed by atoms with E-state index in [0.29, 0.717) is 0 Å². The van der Waals surface area contributed by atoms with Crippen LogP contribution in [0.25, 0.3) is 22.3 Å². The van der Waals surface area contributed by atoms with E-state index in [4.69, 9.17) is 17.0 Å². The molecule has 4 rings (SSSR count). The first-order valence-corrected chi connectivity index (χ1v) is 27.9. The number of halogens is 2. The third-order valence-corrected chi connectivity index (χ3v) is 38.9. The van der Waals surface area contributed by atoms with Gasteiger partial charge in [-0.1, -0.05) is 85.6 Å². The molecule has 0 nitrogen and oxygen atoms in total. The van der Waals surface area contributed by atoms with Gasteiger partial charge in [0.15, 0.2) is 0 Å². The summed E-state index contributed by atoms with van der Waals surface area (Å²) in [5.41, 5.74) is 7.88. The summed E-state index contributed by atoms with van der Waals surface area (Å²) in [6.45, 7) is 4.24. The second-order valence-corrected chi connectivity index (χ2v) is 45.3. The average Bonchev–Trinajstić information content (AvgIpc) is 3.39. The van der Waals surface area contributed by atoms with E-state index in [2.05, 4.69) is 110 Å². The van der Waals surface area contributed by atoms with E-state index < -0.39 is 26.2 Å². The standard InChI is InChI=1S/2C12H11.C2H6Ge.2ClH.Zr/c2*1-10-7-8-12(9-10)11-5-3-2-4-6-11;1-3-2;;;/h2*2-9H,1H3;1-2H3;2*1H;/q2*-1;;;;+2/p-2. The van der Waals surface area contributed by atoms with Gasteiger partial charge in [-0.05, 0) is 0 Å². The van der Waals surface area contributed by atoms with Crippen molar-refractivity contribution in [1.29, 1.82) is 0 Å². The molecule has 4 aromatic rings. The van der Waals surface area contributed by atoms with Gasteiger partial charge in [0.05, 0.1) is 0 Å². The monoisotopic (exact) mass is 574 g/mol. The molecule has 0 amide bonds. The Bertz CT molecular complexity index is 953. The van der Waals surface area contributed by atoms with Crippen molar-refractivity contribution in [2.45, 2.75) is 25.4 Å². The van der Waals surface area contributed by atoms with Gasteiger partial charge in [-0.25, -0.2) is 12.1 Å². The minimum atomic E-state index is -1.59. The van der Waals surface area contributed by atoms with Crippen LogP contribution in [0, 0.1) is 13.8 Å². The van der Waals surface area contributed by atoms with Crippen LogP contribution in [0.3, 0.4) is 0 Å². The van der Waals surface area contributed by atoms with Crippen molar-refractivity contribution in [1.82, 2.24) is 0 Å². The molecule has 0 heterocycles. The summed E-state index contributed by atoms with van der Waals surface area (Å²) in [6.07, 6.45) is 0. The zero-order valence-corrected chi connectivity index (χ0v) is 24.1. The van der Waals surface area contributed by atoms with E-state index >= 15 is 0 Å². The van der Waals surface area contributed by atoms with E-state index in [-0.39, 0.29) is 0 Å². The molecule has 0 bridgehead atoms. The molecule has 4 heteroatoms. The molecular weight excluding hydrogens is 547 g/mol. The molecule has 0 spiro atoms. The predicted molar refractivity (Wildman–Crippen MR) is 134 cm³/mol. The fourth-order valence-electron chi connectivity index (χ4n) is 2.75. The van der Waals surface area contributed by atoms with Gasteiger partial charge in [0.1, 0.15) is 0 Å². The molecule has 0 saturated carbocycles. The van der Waals surface area contributed by atoms with Gasteiger partial charge < -0.3 is 0 Å². The van der Waals surface area contributed by atoms with Crippen molar-refractivity contribution in [2.75, 3.05) is 0 Å². The summed E-state index contributed by atoms with van der Waals surface area (Å²) < 4.78 is 0. The first-order chi connectivity index (χ1) is 14.4. The molecule has 0 aliphatic carbocycles. The first-order valence-electron chi connectivity index (χ1n) is 9.93. The fraction of sp³-hybridized carbons (Fsp3) is 0.154. The Morgan fingerprint density at radius 3 is 1.20 bits per heavy atom. The van der Waals surface area contributed by atoms with Crippen LogP contribution in [-0.2, 0) is 16.2 Å². The first kappa shape index (κ1) is 25.4. The van der Waals surface area contributed by atoms with Gasteiger partial charge in [0, 0.05) is 0 Å². The SMILES string of the molecule is Cc1cc(-c2ccccc2)c[cH-]1.Cc1cc(-c2ccccc2)c[cH-]1.[CH3][Ge]([CH3])=[Zr]([Cl])[Cl].